The summed E-state index contributed by atoms with van der Waals surface area (Å²) in [7, 11) is 0. The molecule has 4 rings (SSSR count). The molecule has 0 aliphatic heterocycles. The summed E-state index contributed by atoms with van der Waals surface area (Å²) in [5.74, 6) is -1.49. The molecule has 2 aromatic carbocycles. The maximum absolute atomic E-state index is 14.7. The fraction of sp³-hybridized carbons (Fsp3) is 0.115. The van der Waals surface area contributed by atoms with Crippen LogP contribution >= 0.6 is 0 Å². The number of para-hydroxylation sites is 1. The van der Waals surface area contributed by atoms with Crippen molar-refractivity contribution in [2.45, 2.75) is 20.5 Å². The Bertz CT molecular complexity index is 1360. The standard InChI is InChI=1S/C26H21F2N3O2/c1-17-6-5-7-18(2)26(17)31-15-19(9-12-24(31)32)25(22-11-10-20(27)14-23(22)28)30-33-16-21-8-3-4-13-29-21/h3-15H,16H2,1-2H3/b30-25-. The Hall–Kier alpha value is -4.13. The quantitative estimate of drug-likeness (QED) is 0.307. The largest absolute Gasteiger partial charge is 0.389 e. The molecule has 0 N–H and O–H groups in total. The Morgan fingerprint density at radius 2 is 1.79 bits per heavy atom. The molecule has 0 bridgehead atoms. The van der Waals surface area contributed by atoms with Gasteiger partial charge in [0.2, 0.25) is 0 Å². The summed E-state index contributed by atoms with van der Waals surface area (Å²) in [5, 5.41) is 4.16. The Labute approximate surface area is 189 Å². The number of halogens is 2. The highest BCUT2D eigenvalue weighted by molar-refractivity contribution is 6.12. The van der Waals surface area contributed by atoms with Crippen LogP contribution in [0.2, 0.25) is 0 Å². The molecular weight excluding hydrogens is 424 g/mol. The van der Waals surface area contributed by atoms with E-state index in [2.05, 4.69) is 10.1 Å². The predicted octanol–water partition coefficient (Wildman–Crippen LogP) is 5.10. The molecule has 0 spiro atoms. The van der Waals surface area contributed by atoms with E-state index >= 15 is 0 Å². The topological polar surface area (TPSA) is 56.5 Å². The number of hydrogen-bond donors (Lipinski definition) is 0. The number of pyridine rings is 2. The van der Waals surface area contributed by atoms with Gasteiger partial charge in [-0.05, 0) is 55.3 Å². The van der Waals surface area contributed by atoms with Crippen molar-refractivity contribution in [2.24, 2.45) is 5.16 Å². The number of aryl methyl sites for hydroxylation is 2. The number of rotatable bonds is 6. The lowest BCUT2D eigenvalue weighted by atomic mass is 10.0. The number of oxime groups is 1. The lowest BCUT2D eigenvalue weighted by molar-refractivity contribution is 0.128. The summed E-state index contributed by atoms with van der Waals surface area (Å²) >= 11 is 0. The van der Waals surface area contributed by atoms with E-state index in [0.717, 1.165) is 28.9 Å². The first-order valence-electron chi connectivity index (χ1n) is 10.3. The molecule has 166 valence electrons. The zero-order valence-electron chi connectivity index (χ0n) is 18.1. The molecule has 0 atom stereocenters. The van der Waals surface area contributed by atoms with E-state index in [1.165, 1.54) is 22.8 Å². The van der Waals surface area contributed by atoms with Gasteiger partial charge in [0.1, 0.15) is 17.3 Å². The third-order valence-corrected chi connectivity index (χ3v) is 5.15. The minimum absolute atomic E-state index is 0.0455. The van der Waals surface area contributed by atoms with E-state index in [0.29, 0.717) is 11.3 Å². The second-order valence-corrected chi connectivity index (χ2v) is 7.53. The van der Waals surface area contributed by atoms with Gasteiger partial charge < -0.3 is 4.84 Å². The van der Waals surface area contributed by atoms with Crippen molar-refractivity contribution >= 4 is 5.71 Å². The third kappa shape index (κ3) is 4.87. The normalized spacial score (nSPS) is 11.5. The van der Waals surface area contributed by atoms with Crippen LogP contribution in [0.4, 0.5) is 8.78 Å². The lowest BCUT2D eigenvalue weighted by Crippen LogP contribution is -2.21. The van der Waals surface area contributed by atoms with E-state index in [4.69, 9.17) is 4.84 Å². The molecule has 0 saturated carbocycles. The molecule has 0 unspecified atom stereocenters. The monoisotopic (exact) mass is 445 g/mol. The first kappa shape index (κ1) is 22.1. The van der Waals surface area contributed by atoms with Crippen molar-refractivity contribution in [3.8, 4) is 5.69 Å². The van der Waals surface area contributed by atoms with Crippen molar-refractivity contribution in [1.82, 2.24) is 9.55 Å². The highest BCUT2D eigenvalue weighted by atomic mass is 19.1. The summed E-state index contributed by atoms with van der Waals surface area (Å²) in [4.78, 5) is 22.4. The van der Waals surface area contributed by atoms with Gasteiger partial charge in [0.15, 0.2) is 6.61 Å². The zero-order chi connectivity index (χ0) is 23.4. The van der Waals surface area contributed by atoms with Crippen LogP contribution in [-0.2, 0) is 11.4 Å². The molecule has 0 radical (unpaired) electrons. The molecule has 0 aliphatic rings. The van der Waals surface area contributed by atoms with Crippen LogP contribution in [0.25, 0.3) is 5.69 Å². The van der Waals surface area contributed by atoms with E-state index in [-0.39, 0.29) is 23.4 Å². The Morgan fingerprint density at radius 3 is 2.48 bits per heavy atom. The zero-order valence-corrected chi connectivity index (χ0v) is 18.1. The van der Waals surface area contributed by atoms with Crippen molar-refractivity contribution in [2.75, 3.05) is 0 Å². The van der Waals surface area contributed by atoms with Crippen molar-refractivity contribution < 1.29 is 13.6 Å². The van der Waals surface area contributed by atoms with Gasteiger partial charge in [0.05, 0.1) is 11.4 Å². The Morgan fingerprint density at radius 1 is 1.00 bits per heavy atom. The second-order valence-electron chi connectivity index (χ2n) is 7.53. The van der Waals surface area contributed by atoms with Crippen LogP contribution in [-0.4, -0.2) is 15.3 Å². The summed E-state index contributed by atoms with van der Waals surface area (Å²) in [6.45, 7) is 3.88. The smallest absolute Gasteiger partial charge is 0.255 e. The van der Waals surface area contributed by atoms with Gasteiger partial charge in [-0.3, -0.25) is 14.3 Å². The number of hydrogen-bond acceptors (Lipinski definition) is 4. The summed E-state index contributed by atoms with van der Waals surface area (Å²) in [5.41, 5.74) is 3.55. The van der Waals surface area contributed by atoms with Crippen LogP contribution in [0.1, 0.15) is 27.9 Å². The second kappa shape index (κ2) is 9.56. The van der Waals surface area contributed by atoms with Crippen molar-refractivity contribution in [3.63, 3.8) is 0 Å². The number of nitrogens with zero attached hydrogens (tertiary/aromatic N) is 3. The van der Waals surface area contributed by atoms with Gasteiger partial charge in [0.25, 0.3) is 5.56 Å². The number of benzene rings is 2. The van der Waals surface area contributed by atoms with E-state index in [1.54, 1.807) is 24.5 Å². The maximum atomic E-state index is 14.7. The van der Waals surface area contributed by atoms with Gasteiger partial charge in [-0.15, -0.1) is 0 Å². The molecule has 0 saturated heterocycles. The van der Waals surface area contributed by atoms with Gasteiger partial charge >= 0.3 is 0 Å². The minimum Gasteiger partial charge on any atom is -0.389 e. The SMILES string of the molecule is Cc1cccc(C)c1-n1cc(/C(=N/OCc2ccccn2)c2ccc(F)cc2F)ccc1=O. The van der Waals surface area contributed by atoms with Gasteiger partial charge in [-0.1, -0.05) is 29.4 Å². The Balaban J connectivity index is 1.82. The summed E-state index contributed by atoms with van der Waals surface area (Å²) < 4.78 is 29.8. The molecule has 4 aromatic rings. The van der Waals surface area contributed by atoms with Crippen LogP contribution in [0, 0.1) is 25.5 Å². The van der Waals surface area contributed by atoms with Crippen molar-refractivity contribution in [3.05, 3.63) is 129 Å². The van der Waals surface area contributed by atoms with Crippen LogP contribution in [0.3, 0.4) is 0 Å². The minimum atomic E-state index is -0.792. The highest BCUT2D eigenvalue weighted by Gasteiger charge is 2.17. The fourth-order valence-electron chi connectivity index (χ4n) is 3.57. The van der Waals surface area contributed by atoms with E-state index in [1.807, 2.05) is 38.1 Å². The van der Waals surface area contributed by atoms with Gasteiger partial charge in [0, 0.05) is 35.7 Å². The molecule has 7 heteroatoms. The van der Waals surface area contributed by atoms with E-state index < -0.39 is 11.6 Å². The summed E-state index contributed by atoms with van der Waals surface area (Å²) in [6.07, 6.45) is 3.22. The molecule has 2 aromatic heterocycles. The highest BCUT2D eigenvalue weighted by Crippen LogP contribution is 2.20. The van der Waals surface area contributed by atoms with Gasteiger partial charge in [-0.2, -0.15) is 0 Å². The average Bonchev–Trinajstić information content (AvgIpc) is 2.79. The lowest BCUT2D eigenvalue weighted by Gasteiger charge is -2.15. The van der Waals surface area contributed by atoms with Crippen molar-refractivity contribution in [1.29, 1.82) is 0 Å². The number of aromatic nitrogens is 2. The van der Waals surface area contributed by atoms with E-state index in [9.17, 15) is 13.6 Å². The molecule has 2 heterocycles. The predicted molar refractivity (Wildman–Crippen MR) is 123 cm³/mol. The molecule has 0 amide bonds. The third-order valence-electron chi connectivity index (χ3n) is 5.15. The fourth-order valence-corrected chi connectivity index (χ4v) is 3.57. The van der Waals surface area contributed by atoms with Crippen LogP contribution in [0.5, 0.6) is 0 Å². The Kier molecular flexibility index (Phi) is 6.40. The van der Waals surface area contributed by atoms with Crippen LogP contribution in [0.15, 0.2) is 89.1 Å². The van der Waals surface area contributed by atoms with Gasteiger partial charge in [-0.25, -0.2) is 8.78 Å². The first-order valence-corrected chi connectivity index (χ1v) is 10.3. The molecular formula is C26H21F2N3O2. The average molecular weight is 445 g/mol. The molecule has 33 heavy (non-hydrogen) atoms. The molecule has 0 fully saturated rings. The summed E-state index contributed by atoms with van der Waals surface area (Å²) in [6, 6.07) is 17.2. The first-order chi connectivity index (χ1) is 15.9. The van der Waals surface area contributed by atoms with Crippen LogP contribution < -0.4 is 5.56 Å². The molecule has 0 aliphatic carbocycles. The maximum Gasteiger partial charge on any atom is 0.255 e. The molecule has 5 nitrogen and oxygen atoms in total.